The van der Waals surface area contributed by atoms with Gasteiger partial charge in [0.05, 0.1) is 18.8 Å². The van der Waals surface area contributed by atoms with Gasteiger partial charge < -0.3 is 14.7 Å². The Hall–Kier alpha value is -0.120. The Labute approximate surface area is 113 Å². The first-order chi connectivity index (χ1) is 8.33. The number of rotatable bonds is 6. The summed E-state index contributed by atoms with van der Waals surface area (Å²) in [5, 5.41) is 10.4. The van der Waals surface area contributed by atoms with E-state index in [1.54, 1.807) is 0 Å². The summed E-state index contributed by atoms with van der Waals surface area (Å²) in [6, 6.07) is 0. The summed E-state index contributed by atoms with van der Waals surface area (Å²) in [6.45, 7) is 11.2. The summed E-state index contributed by atoms with van der Waals surface area (Å²) in [5.41, 5.74) is 0.0815. The summed E-state index contributed by atoms with van der Waals surface area (Å²) in [7, 11) is 2.12. The second kappa shape index (κ2) is 6.88. The van der Waals surface area contributed by atoms with Crippen LogP contribution in [0.1, 0.15) is 47.0 Å². The lowest BCUT2D eigenvalue weighted by atomic mass is 9.69. The van der Waals surface area contributed by atoms with Crippen molar-refractivity contribution < 1.29 is 9.84 Å². The van der Waals surface area contributed by atoms with Crippen molar-refractivity contribution in [2.24, 2.45) is 11.3 Å². The van der Waals surface area contributed by atoms with E-state index in [9.17, 15) is 5.11 Å². The minimum Gasteiger partial charge on any atom is -0.392 e. The highest BCUT2D eigenvalue weighted by Crippen LogP contribution is 2.39. The molecule has 0 saturated heterocycles. The van der Waals surface area contributed by atoms with Crippen molar-refractivity contribution >= 4 is 0 Å². The van der Waals surface area contributed by atoms with Gasteiger partial charge >= 0.3 is 0 Å². The van der Waals surface area contributed by atoms with Gasteiger partial charge in [-0.25, -0.2) is 0 Å². The first-order valence-electron chi connectivity index (χ1n) is 7.31. The maximum Gasteiger partial charge on any atom is 0.0631 e. The maximum atomic E-state index is 10.4. The molecule has 1 rings (SSSR count). The molecule has 0 aromatic heterocycles. The molecule has 3 nitrogen and oxygen atoms in total. The van der Waals surface area contributed by atoms with Crippen LogP contribution in [0.2, 0.25) is 0 Å². The number of aliphatic hydroxyl groups is 1. The highest BCUT2D eigenvalue weighted by atomic mass is 16.5. The molecule has 0 radical (unpaired) electrons. The number of likely N-dealkylation sites (N-methyl/N-ethyl adjacent to an activating group) is 1. The fourth-order valence-corrected chi connectivity index (χ4v) is 2.89. The second-order valence-electron chi connectivity index (χ2n) is 6.77. The lowest BCUT2D eigenvalue weighted by Crippen LogP contribution is -2.44. The summed E-state index contributed by atoms with van der Waals surface area (Å²) >= 11 is 0. The molecular formula is C15H31NO2. The third-order valence-electron chi connectivity index (χ3n) is 4.11. The molecule has 2 atom stereocenters. The predicted octanol–water partition coefficient (Wildman–Crippen LogP) is 2.53. The average molecular weight is 257 g/mol. The van der Waals surface area contributed by atoms with Crippen LogP contribution in [0.15, 0.2) is 0 Å². The van der Waals surface area contributed by atoms with Crippen molar-refractivity contribution in [1.29, 1.82) is 0 Å². The molecule has 1 saturated carbocycles. The van der Waals surface area contributed by atoms with Gasteiger partial charge in [0, 0.05) is 13.1 Å². The Morgan fingerprint density at radius 2 is 2.06 bits per heavy atom. The minimum absolute atomic E-state index is 0.0815. The van der Waals surface area contributed by atoms with Gasteiger partial charge in [-0.15, -0.1) is 0 Å². The van der Waals surface area contributed by atoms with E-state index in [1.165, 1.54) is 6.42 Å². The smallest absolute Gasteiger partial charge is 0.0631 e. The number of aliphatic hydroxyl groups excluding tert-OH is 1. The van der Waals surface area contributed by atoms with Gasteiger partial charge in [-0.05, 0) is 45.1 Å². The Bertz CT molecular complexity index is 241. The van der Waals surface area contributed by atoms with Gasteiger partial charge in [-0.3, -0.25) is 0 Å². The number of ether oxygens (including phenoxy) is 1. The highest BCUT2D eigenvalue weighted by molar-refractivity contribution is 4.89. The van der Waals surface area contributed by atoms with Gasteiger partial charge in [0.25, 0.3) is 0 Å². The third kappa shape index (κ3) is 4.87. The largest absolute Gasteiger partial charge is 0.392 e. The van der Waals surface area contributed by atoms with Crippen LogP contribution in [0.3, 0.4) is 0 Å². The van der Waals surface area contributed by atoms with Gasteiger partial charge in [0.1, 0.15) is 0 Å². The van der Waals surface area contributed by atoms with Gasteiger partial charge in [0.2, 0.25) is 0 Å². The van der Waals surface area contributed by atoms with Crippen LogP contribution >= 0.6 is 0 Å². The van der Waals surface area contributed by atoms with Crippen LogP contribution in [0.5, 0.6) is 0 Å². The van der Waals surface area contributed by atoms with Crippen LogP contribution in [0.4, 0.5) is 0 Å². The molecule has 1 N–H and O–H groups in total. The summed E-state index contributed by atoms with van der Waals surface area (Å²) in [4.78, 5) is 2.29. The van der Waals surface area contributed by atoms with E-state index in [0.29, 0.717) is 12.0 Å². The van der Waals surface area contributed by atoms with E-state index in [0.717, 1.165) is 32.5 Å². The van der Waals surface area contributed by atoms with Crippen molar-refractivity contribution in [1.82, 2.24) is 4.90 Å². The summed E-state index contributed by atoms with van der Waals surface area (Å²) in [5.74, 6) is 0.415. The van der Waals surface area contributed by atoms with E-state index < -0.39 is 0 Å². The summed E-state index contributed by atoms with van der Waals surface area (Å²) < 4.78 is 5.57. The topological polar surface area (TPSA) is 32.7 Å². The zero-order valence-electron chi connectivity index (χ0n) is 12.8. The molecule has 0 aliphatic heterocycles. The zero-order chi connectivity index (χ0) is 13.8. The average Bonchev–Trinajstić information content (AvgIpc) is 2.24. The molecule has 0 amide bonds. The standard InChI is InChI=1S/C15H31NO2/c1-12(2)18-10-9-16(5)11-13-7-6-8-15(3,4)14(13)17/h12-14,17H,6-11H2,1-5H3. The van der Waals surface area contributed by atoms with Gasteiger partial charge in [-0.2, -0.15) is 0 Å². The molecule has 0 bridgehead atoms. The lowest BCUT2D eigenvalue weighted by Gasteiger charge is -2.42. The van der Waals surface area contributed by atoms with Gasteiger partial charge in [0.15, 0.2) is 0 Å². The van der Waals surface area contributed by atoms with Crippen molar-refractivity contribution in [2.75, 3.05) is 26.7 Å². The van der Waals surface area contributed by atoms with Crippen LogP contribution in [0, 0.1) is 11.3 Å². The van der Waals surface area contributed by atoms with Crippen LogP contribution in [-0.4, -0.2) is 49.0 Å². The molecular weight excluding hydrogens is 226 g/mol. The van der Waals surface area contributed by atoms with E-state index in [1.807, 2.05) is 0 Å². The Balaban J connectivity index is 2.32. The van der Waals surface area contributed by atoms with Crippen LogP contribution in [-0.2, 0) is 4.74 Å². The van der Waals surface area contributed by atoms with E-state index in [-0.39, 0.29) is 11.5 Å². The van der Waals surface area contributed by atoms with E-state index in [2.05, 4.69) is 39.6 Å². The fraction of sp³-hybridized carbons (Fsp3) is 1.00. The molecule has 1 aliphatic carbocycles. The lowest BCUT2D eigenvalue weighted by molar-refractivity contribution is -0.0432. The van der Waals surface area contributed by atoms with Crippen molar-refractivity contribution in [2.45, 2.75) is 59.2 Å². The minimum atomic E-state index is -0.167. The Morgan fingerprint density at radius 1 is 1.39 bits per heavy atom. The molecule has 1 aliphatic rings. The quantitative estimate of drug-likeness (QED) is 0.793. The molecule has 18 heavy (non-hydrogen) atoms. The van der Waals surface area contributed by atoms with Crippen molar-refractivity contribution in [3.05, 3.63) is 0 Å². The Kier molecular flexibility index (Phi) is 6.09. The highest BCUT2D eigenvalue weighted by Gasteiger charge is 2.37. The van der Waals surface area contributed by atoms with Crippen molar-refractivity contribution in [3.8, 4) is 0 Å². The fourth-order valence-electron chi connectivity index (χ4n) is 2.89. The number of hydrogen-bond donors (Lipinski definition) is 1. The number of hydrogen-bond acceptors (Lipinski definition) is 3. The Morgan fingerprint density at radius 3 is 2.67 bits per heavy atom. The first-order valence-corrected chi connectivity index (χ1v) is 7.31. The SMILES string of the molecule is CC(C)OCCN(C)CC1CCCC(C)(C)C1O. The normalized spacial score (nSPS) is 28.0. The molecule has 0 aromatic carbocycles. The molecule has 0 spiro atoms. The van der Waals surface area contributed by atoms with E-state index >= 15 is 0 Å². The second-order valence-corrected chi connectivity index (χ2v) is 6.77. The molecule has 0 heterocycles. The summed E-state index contributed by atoms with van der Waals surface area (Å²) in [6.07, 6.45) is 3.67. The third-order valence-corrected chi connectivity index (χ3v) is 4.11. The monoisotopic (exact) mass is 257 g/mol. The van der Waals surface area contributed by atoms with Crippen LogP contribution in [0.25, 0.3) is 0 Å². The predicted molar refractivity (Wildman–Crippen MR) is 75.7 cm³/mol. The molecule has 108 valence electrons. The maximum absolute atomic E-state index is 10.4. The first kappa shape index (κ1) is 15.9. The van der Waals surface area contributed by atoms with Gasteiger partial charge in [-0.1, -0.05) is 20.3 Å². The van der Waals surface area contributed by atoms with Crippen molar-refractivity contribution in [3.63, 3.8) is 0 Å². The zero-order valence-corrected chi connectivity index (χ0v) is 12.8. The number of nitrogens with zero attached hydrogens (tertiary/aromatic N) is 1. The molecule has 3 heteroatoms. The molecule has 2 unspecified atom stereocenters. The molecule has 0 aromatic rings. The molecule has 1 fully saturated rings. The van der Waals surface area contributed by atoms with Crippen LogP contribution < -0.4 is 0 Å². The van der Waals surface area contributed by atoms with E-state index in [4.69, 9.17) is 4.74 Å².